The highest BCUT2D eigenvalue weighted by molar-refractivity contribution is 5.96. The number of para-hydroxylation sites is 2. The van der Waals surface area contributed by atoms with Crippen molar-refractivity contribution in [1.82, 2.24) is 14.9 Å². The van der Waals surface area contributed by atoms with E-state index in [1.54, 1.807) is 0 Å². The Morgan fingerprint density at radius 2 is 1.79 bits per heavy atom. The molecule has 0 aliphatic rings. The van der Waals surface area contributed by atoms with E-state index in [0.29, 0.717) is 12.2 Å². The van der Waals surface area contributed by atoms with Crippen LogP contribution in [0.25, 0.3) is 11.0 Å². The van der Waals surface area contributed by atoms with Crippen LogP contribution < -0.4 is 10.1 Å². The molecule has 1 atom stereocenters. The molecule has 4 rings (SSSR count). The standard InChI is InChI=1S/C28H31N3O2/c1-19-9-7-10-23(18-19)33-16-8-15-31-26-12-6-5-11-25(26)30-27(31)22(4)29-28(32)24-14-13-20(2)17-21(24)3/h5-7,9-14,17-18,22H,8,15-16H2,1-4H3,(H,29,32). The Morgan fingerprint density at radius 1 is 1.00 bits per heavy atom. The van der Waals surface area contributed by atoms with Gasteiger partial charge in [-0.15, -0.1) is 0 Å². The van der Waals surface area contributed by atoms with Crippen LogP contribution in [0.4, 0.5) is 0 Å². The summed E-state index contributed by atoms with van der Waals surface area (Å²) in [7, 11) is 0. The third-order valence-corrected chi connectivity index (χ3v) is 5.83. The zero-order valence-corrected chi connectivity index (χ0v) is 19.8. The van der Waals surface area contributed by atoms with Crippen LogP contribution in [-0.2, 0) is 6.54 Å². The van der Waals surface area contributed by atoms with E-state index in [9.17, 15) is 4.79 Å². The van der Waals surface area contributed by atoms with Gasteiger partial charge in [0.25, 0.3) is 5.91 Å². The molecule has 1 amide bonds. The maximum Gasteiger partial charge on any atom is 0.252 e. The molecule has 33 heavy (non-hydrogen) atoms. The number of nitrogens with zero attached hydrogens (tertiary/aromatic N) is 2. The zero-order chi connectivity index (χ0) is 23.4. The van der Waals surface area contributed by atoms with Gasteiger partial charge in [0, 0.05) is 12.1 Å². The van der Waals surface area contributed by atoms with Crippen molar-refractivity contribution in [3.8, 4) is 5.75 Å². The van der Waals surface area contributed by atoms with Crippen LogP contribution >= 0.6 is 0 Å². The van der Waals surface area contributed by atoms with Crippen molar-refractivity contribution >= 4 is 16.9 Å². The quantitative estimate of drug-likeness (QED) is 0.345. The molecule has 0 spiro atoms. The van der Waals surface area contributed by atoms with Crippen molar-refractivity contribution in [3.63, 3.8) is 0 Å². The Morgan fingerprint density at radius 3 is 2.58 bits per heavy atom. The molecule has 0 aliphatic carbocycles. The number of aromatic nitrogens is 2. The first-order chi connectivity index (χ1) is 15.9. The van der Waals surface area contributed by atoms with E-state index in [-0.39, 0.29) is 11.9 Å². The van der Waals surface area contributed by atoms with Crippen molar-refractivity contribution in [2.45, 2.75) is 46.7 Å². The van der Waals surface area contributed by atoms with E-state index in [4.69, 9.17) is 9.72 Å². The highest BCUT2D eigenvalue weighted by Crippen LogP contribution is 2.22. The number of aryl methyl sites for hydroxylation is 4. The number of hydrogen-bond acceptors (Lipinski definition) is 3. The minimum absolute atomic E-state index is 0.0820. The number of carbonyl (C=O) groups excluding carboxylic acids is 1. The lowest BCUT2D eigenvalue weighted by Crippen LogP contribution is -2.29. The maximum atomic E-state index is 13.0. The normalized spacial score (nSPS) is 12.0. The number of hydrogen-bond donors (Lipinski definition) is 1. The first kappa shape index (κ1) is 22.6. The molecule has 0 aliphatic heterocycles. The lowest BCUT2D eigenvalue weighted by atomic mass is 10.0. The van der Waals surface area contributed by atoms with Gasteiger partial charge in [0.2, 0.25) is 0 Å². The van der Waals surface area contributed by atoms with Gasteiger partial charge >= 0.3 is 0 Å². The summed E-state index contributed by atoms with van der Waals surface area (Å²) >= 11 is 0. The molecule has 0 saturated carbocycles. The molecule has 1 unspecified atom stereocenters. The number of carbonyl (C=O) groups is 1. The molecular formula is C28H31N3O2. The SMILES string of the molecule is Cc1cccc(OCCCn2c(C(C)NC(=O)c3ccc(C)cc3C)nc3ccccc32)c1. The van der Waals surface area contributed by atoms with Gasteiger partial charge in [0.1, 0.15) is 11.6 Å². The number of amides is 1. The number of fused-ring (bicyclic) bond motifs is 1. The molecule has 3 aromatic carbocycles. The van der Waals surface area contributed by atoms with Gasteiger partial charge in [0.05, 0.1) is 23.7 Å². The van der Waals surface area contributed by atoms with E-state index in [1.807, 2.05) is 75.4 Å². The summed E-state index contributed by atoms with van der Waals surface area (Å²) in [6.07, 6.45) is 0.832. The van der Waals surface area contributed by atoms with E-state index >= 15 is 0 Å². The monoisotopic (exact) mass is 441 g/mol. The van der Waals surface area contributed by atoms with E-state index in [2.05, 4.69) is 28.9 Å². The fourth-order valence-corrected chi connectivity index (χ4v) is 4.18. The largest absolute Gasteiger partial charge is 0.494 e. The Labute approximate surface area is 195 Å². The summed E-state index contributed by atoms with van der Waals surface area (Å²) in [6, 6.07) is 21.8. The van der Waals surface area contributed by atoms with Gasteiger partial charge in [0.15, 0.2) is 0 Å². The van der Waals surface area contributed by atoms with Crippen LogP contribution in [-0.4, -0.2) is 22.1 Å². The molecule has 5 heteroatoms. The van der Waals surface area contributed by atoms with Gasteiger partial charge in [-0.05, 0) is 75.6 Å². The van der Waals surface area contributed by atoms with Gasteiger partial charge in [-0.1, -0.05) is 42.0 Å². The second kappa shape index (κ2) is 9.90. The van der Waals surface area contributed by atoms with Crippen LogP contribution in [0.3, 0.4) is 0 Å². The molecule has 170 valence electrons. The Balaban J connectivity index is 1.49. The first-order valence-electron chi connectivity index (χ1n) is 11.4. The number of rotatable bonds is 8. The van der Waals surface area contributed by atoms with Crippen LogP contribution in [0, 0.1) is 20.8 Å². The fourth-order valence-electron chi connectivity index (χ4n) is 4.18. The Hall–Kier alpha value is -3.60. The van der Waals surface area contributed by atoms with Crippen molar-refractivity contribution in [1.29, 1.82) is 0 Å². The Bertz CT molecular complexity index is 1280. The number of imidazole rings is 1. The third kappa shape index (κ3) is 5.25. The molecule has 4 aromatic rings. The summed E-state index contributed by atoms with van der Waals surface area (Å²) in [5.41, 5.74) is 5.99. The van der Waals surface area contributed by atoms with Gasteiger partial charge in [-0.25, -0.2) is 4.98 Å². The Kier molecular flexibility index (Phi) is 6.78. The van der Waals surface area contributed by atoms with Gasteiger partial charge in [-0.3, -0.25) is 4.79 Å². The third-order valence-electron chi connectivity index (χ3n) is 5.83. The summed E-state index contributed by atoms with van der Waals surface area (Å²) in [5.74, 6) is 1.66. The van der Waals surface area contributed by atoms with Gasteiger partial charge in [-0.2, -0.15) is 0 Å². The summed E-state index contributed by atoms with van der Waals surface area (Å²) in [4.78, 5) is 17.8. The van der Waals surface area contributed by atoms with Crippen molar-refractivity contribution in [3.05, 3.63) is 94.8 Å². The van der Waals surface area contributed by atoms with Crippen LogP contribution in [0.15, 0.2) is 66.7 Å². The van der Waals surface area contributed by atoms with E-state index < -0.39 is 0 Å². The van der Waals surface area contributed by atoms with Crippen LogP contribution in [0.5, 0.6) is 5.75 Å². The maximum absolute atomic E-state index is 13.0. The summed E-state index contributed by atoms with van der Waals surface area (Å²) in [6.45, 7) is 9.41. The van der Waals surface area contributed by atoms with Crippen LogP contribution in [0.2, 0.25) is 0 Å². The summed E-state index contributed by atoms with van der Waals surface area (Å²) < 4.78 is 8.14. The second-order valence-corrected chi connectivity index (χ2v) is 8.64. The van der Waals surface area contributed by atoms with E-state index in [0.717, 1.165) is 46.7 Å². The highest BCUT2D eigenvalue weighted by Gasteiger charge is 2.19. The number of benzene rings is 3. The molecule has 0 bridgehead atoms. The molecule has 1 aromatic heterocycles. The predicted octanol–water partition coefficient (Wildman–Crippen LogP) is 5.92. The van der Waals surface area contributed by atoms with Crippen molar-refractivity contribution in [2.24, 2.45) is 0 Å². The van der Waals surface area contributed by atoms with Crippen molar-refractivity contribution in [2.75, 3.05) is 6.61 Å². The molecule has 5 nitrogen and oxygen atoms in total. The predicted molar refractivity (Wildman–Crippen MR) is 133 cm³/mol. The fraction of sp³-hybridized carbons (Fsp3) is 0.286. The minimum atomic E-state index is -0.233. The van der Waals surface area contributed by atoms with E-state index in [1.165, 1.54) is 5.56 Å². The average Bonchev–Trinajstić information content (AvgIpc) is 3.15. The smallest absolute Gasteiger partial charge is 0.252 e. The topological polar surface area (TPSA) is 56.1 Å². The zero-order valence-electron chi connectivity index (χ0n) is 19.8. The lowest BCUT2D eigenvalue weighted by molar-refractivity contribution is 0.0937. The molecule has 0 fully saturated rings. The first-order valence-corrected chi connectivity index (χ1v) is 11.4. The molecule has 0 radical (unpaired) electrons. The van der Waals surface area contributed by atoms with Gasteiger partial charge < -0.3 is 14.6 Å². The molecule has 1 heterocycles. The molecular weight excluding hydrogens is 410 g/mol. The molecule has 1 N–H and O–H groups in total. The molecule has 0 saturated heterocycles. The lowest BCUT2D eigenvalue weighted by Gasteiger charge is -2.17. The van der Waals surface area contributed by atoms with Crippen molar-refractivity contribution < 1.29 is 9.53 Å². The number of ether oxygens (including phenoxy) is 1. The highest BCUT2D eigenvalue weighted by atomic mass is 16.5. The summed E-state index contributed by atoms with van der Waals surface area (Å²) in [5, 5.41) is 3.14. The minimum Gasteiger partial charge on any atom is -0.494 e. The van der Waals surface area contributed by atoms with Crippen LogP contribution in [0.1, 0.15) is 52.3 Å². The average molecular weight is 442 g/mol. The second-order valence-electron chi connectivity index (χ2n) is 8.64. The number of nitrogens with one attached hydrogen (secondary N) is 1.